The van der Waals surface area contributed by atoms with Crippen LogP contribution in [0.5, 0.6) is 0 Å². The highest BCUT2D eigenvalue weighted by Gasteiger charge is 2.35. The molecule has 0 saturated carbocycles. The monoisotopic (exact) mass is 266 g/mol. The molecule has 2 aromatic carbocycles. The molecule has 106 valence electrons. The number of fused-ring (bicyclic) bond motifs is 1. The summed E-state index contributed by atoms with van der Waals surface area (Å²) in [7, 11) is 0. The van der Waals surface area contributed by atoms with Crippen LogP contribution in [0.1, 0.15) is 44.4 Å². The molecule has 0 nitrogen and oxygen atoms in total. The zero-order valence-electron chi connectivity index (χ0n) is 13.2. The van der Waals surface area contributed by atoms with E-state index in [9.17, 15) is 0 Å². The summed E-state index contributed by atoms with van der Waals surface area (Å²) in [6.07, 6.45) is 2.39. The first kappa shape index (κ1) is 14.8. The Bertz CT molecular complexity index is 537. The van der Waals surface area contributed by atoms with Gasteiger partial charge in [-0.15, -0.1) is 0 Å². The molecule has 0 bridgehead atoms. The van der Waals surface area contributed by atoms with Crippen molar-refractivity contribution in [3.63, 3.8) is 0 Å². The average molecular weight is 266 g/mol. The Hall–Kier alpha value is -1.56. The van der Waals surface area contributed by atoms with E-state index < -0.39 is 0 Å². The lowest BCUT2D eigenvalue weighted by atomic mass is 9.80. The summed E-state index contributed by atoms with van der Waals surface area (Å²) < 4.78 is 0. The van der Waals surface area contributed by atoms with Crippen molar-refractivity contribution in [2.24, 2.45) is 5.92 Å². The van der Waals surface area contributed by atoms with Gasteiger partial charge in [0.2, 0.25) is 0 Å². The van der Waals surface area contributed by atoms with E-state index in [1.807, 2.05) is 6.07 Å². The lowest BCUT2D eigenvalue weighted by molar-refractivity contribution is 0.379. The fourth-order valence-corrected chi connectivity index (χ4v) is 2.89. The molecule has 2 aromatic rings. The van der Waals surface area contributed by atoms with Gasteiger partial charge in [0.1, 0.15) is 0 Å². The van der Waals surface area contributed by atoms with Crippen molar-refractivity contribution in [2.45, 2.75) is 46.0 Å². The minimum atomic E-state index is 0.386. The fraction of sp³-hybridized carbons (Fsp3) is 0.400. The van der Waals surface area contributed by atoms with Gasteiger partial charge in [-0.05, 0) is 40.9 Å². The highest BCUT2D eigenvalue weighted by molar-refractivity contribution is 5.39. The molecule has 1 unspecified atom stereocenters. The van der Waals surface area contributed by atoms with E-state index >= 15 is 0 Å². The molecule has 0 heteroatoms. The second-order valence-corrected chi connectivity index (χ2v) is 6.32. The van der Waals surface area contributed by atoms with Crippen molar-refractivity contribution in [1.82, 2.24) is 0 Å². The third-order valence-corrected chi connectivity index (χ3v) is 4.72. The standard InChI is InChI=1S/C12H16.C8H10/c1-9-8-10-6-4-5-7-11(10)12(9,2)3;1-2-8-6-4-3-5-7-8/h4-7,9H,8H2,1-3H3;3-7H,2H2,1H3. The van der Waals surface area contributed by atoms with Crippen molar-refractivity contribution in [1.29, 1.82) is 0 Å². The lowest BCUT2D eigenvalue weighted by Gasteiger charge is -2.24. The summed E-state index contributed by atoms with van der Waals surface area (Å²) in [6.45, 7) is 9.21. The van der Waals surface area contributed by atoms with Gasteiger partial charge in [-0.25, -0.2) is 0 Å². The predicted molar refractivity (Wildman–Crippen MR) is 88.2 cm³/mol. The molecule has 3 rings (SSSR count). The smallest absolute Gasteiger partial charge is 0.00721 e. The van der Waals surface area contributed by atoms with E-state index in [1.54, 1.807) is 11.1 Å². The number of aryl methyl sites for hydroxylation is 1. The number of hydrogen-bond donors (Lipinski definition) is 0. The Morgan fingerprint density at radius 1 is 0.950 bits per heavy atom. The third kappa shape index (κ3) is 3.12. The van der Waals surface area contributed by atoms with Gasteiger partial charge in [0.25, 0.3) is 0 Å². The zero-order valence-corrected chi connectivity index (χ0v) is 13.2. The normalized spacial score (nSPS) is 18.9. The van der Waals surface area contributed by atoms with Crippen LogP contribution in [0.3, 0.4) is 0 Å². The Morgan fingerprint density at radius 3 is 2.10 bits per heavy atom. The molecule has 0 radical (unpaired) electrons. The summed E-state index contributed by atoms with van der Waals surface area (Å²) in [4.78, 5) is 0. The van der Waals surface area contributed by atoms with Crippen LogP contribution in [-0.2, 0) is 18.3 Å². The summed E-state index contributed by atoms with van der Waals surface area (Å²) in [5.74, 6) is 0.787. The predicted octanol–water partition coefficient (Wildman–Crippen LogP) is 5.41. The molecule has 0 spiro atoms. The van der Waals surface area contributed by atoms with Crippen LogP contribution in [0, 0.1) is 5.92 Å². The van der Waals surface area contributed by atoms with Crippen LogP contribution in [0.2, 0.25) is 0 Å². The summed E-state index contributed by atoms with van der Waals surface area (Å²) >= 11 is 0. The molecule has 0 amide bonds. The minimum absolute atomic E-state index is 0.386. The minimum Gasteiger partial charge on any atom is -0.0622 e. The largest absolute Gasteiger partial charge is 0.0622 e. The van der Waals surface area contributed by atoms with Crippen molar-refractivity contribution in [2.75, 3.05) is 0 Å². The van der Waals surface area contributed by atoms with Crippen LogP contribution >= 0.6 is 0 Å². The number of benzene rings is 2. The highest BCUT2D eigenvalue weighted by atomic mass is 14.4. The molecule has 0 aliphatic heterocycles. The lowest BCUT2D eigenvalue weighted by Crippen LogP contribution is -2.21. The first-order chi connectivity index (χ1) is 9.55. The maximum absolute atomic E-state index is 2.35. The zero-order chi connectivity index (χ0) is 14.6. The third-order valence-electron chi connectivity index (χ3n) is 4.72. The van der Waals surface area contributed by atoms with Gasteiger partial charge in [-0.2, -0.15) is 0 Å². The van der Waals surface area contributed by atoms with Crippen LogP contribution < -0.4 is 0 Å². The number of rotatable bonds is 1. The first-order valence-electron chi connectivity index (χ1n) is 7.68. The van der Waals surface area contributed by atoms with Gasteiger partial charge in [0.15, 0.2) is 0 Å². The van der Waals surface area contributed by atoms with Crippen molar-refractivity contribution < 1.29 is 0 Å². The van der Waals surface area contributed by atoms with Gasteiger partial charge >= 0.3 is 0 Å². The maximum Gasteiger partial charge on any atom is -0.00721 e. The fourth-order valence-electron chi connectivity index (χ4n) is 2.89. The van der Waals surface area contributed by atoms with Crippen molar-refractivity contribution in [3.8, 4) is 0 Å². The summed E-state index contributed by atoms with van der Waals surface area (Å²) in [5, 5.41) is 0. The van der Waals surface area contributed by atoms with Crippen LogP contribution in [0.25, 0.3) is 0 Å². The molecule has 20 heavy (non-hydrogen) atoms. The van der Waals surface area contributed by atoms with E-state index in [2.05, 4.69) is 76.2 Å². The molecular formula is C20H26. The van der Waals surface area contributed by atoms with E-state index in [0.717, 1.165) is 12.3 Å². The Labute approximate surface area is 123 Å². The van der Waals surface area contributed by atoms with Crippen LogP contribution in [-0.4, -0.2) is 0 Å². The van der Waals surface area contributed by atoms with Gasteiger partial charge < -0.3 is 0 Å². The molecule has 0 fully saturated rings. The second kappa shape index (κ2) is 6.26. The highest BCUT2D eigenvalue weighted by Crippen LogP contribution is 2.42. The van der Waals surface area contributed by atoms with Gasteiger partial charge in [0, 0.05) is 0 Å². The molecule has 0 heterocycles. The van der Waals surface area contributed by atoms with Crippen molar-refractivity contribution in [3.05, 3.63) is 71.3 Å². The van der Waals surface area contributed by atoms with E-state index in [1.165, 1.54) is 12.0 Å². The quantitative estimate of drug-likeness (QED) is 0.648. The Morgan fingerprint density at radius 2 is 1.55 bits per heavy atom. The SMILES string of the molecule is CC1Cc2ccccc2C1(C)C.CCc1ccccc1. The molecule has 1 aliphatic rings. The Balaban J connectivity index is 0.000000160. The average Bonchev–Trinajstić information content (AvgIpc) is 2.71. The molecular weight excluding hydrogens is 240 g/mol. The van der Waals surface area contributed by atoms with Gasteiger partial charge in [-0.1, -0.05) is 82.3 Å². The van der Waals surface area contributed by atoms with E-state index in [4.69, 9.17) is 0 Å². The number of hydrogen-bond acceptors (Lipinski definition) is 0. The van der Waals surface area contributed by atoms with Gasteiger partial charge in [-0.3, -0.25) is 0 Å². The molecule has 1 atom stereocenters. The Kier molecular flexibility index (Phi) is 4.65. The topological polar surface area (TPSA) is 0 Å². The van der Waals surface area contributed by atoms with E-state index in [0.29, 0.717) is 5.41 Å². The molecule has 0 saturated heterocycles. The second-order valence-electron chi connectivity index (χ2n) is 6.32. The van der Waals surface area contributed by atoms with Crippen molar-refractivity contribution >= 4 is 0 Å². The molecule has 0 N–H and O–H groups in total. The summed E-state index contributed by atoms with van der Waals surface area (Å²) in [5.41, 5.74) is 4.90. The van der Waals surface area contributed by atoms with Crippen LogP contribution in [0.15, 0.2) is 54.6 Å². The van der Waals surface area contributed by atoms with Gasteiger partial charge in [0.05, 0.1) is 0 Å². The maximum atomic E-state index is 2.35. The van der Waals surface area contributed by atoms with Crippen LogP contribution in [0.4, 0.5) is 0 Å². The molecule has 1 aliphatic carbocycles. The molecule has 0 aromatic heterocycles. The summed E-state index contributed by atoms with van der Waals surface area (Å²) in [6, 6.07) is 19.3. The first-order valence-corrected chi connectivity index (χ1v) is 7.68. The van der Waals surface area contributed by atoms with E-state index in [-0.39, 0.29) is 0 Å².